The molecule has 0 saturated carbocycles. The number of benzene rings is 7. The summed E-state index contributed by atoms with van der Waals surface area (Å²) in [6.07, 6.45) is 2.18. The monoisotopic (exact) mass is 705 g/mol. The first kappa shape index (κ1) is 33.3. The Kier molecular flexibility index (Phi) is 9.01. The first-order valence-electron chi connectivity index (χ1n) is 18.3. The molecule has 2 N–H and O–H groups in total. The van der Waals surface area contributed by atoms with E-state index in [2.05, 4.69) is 90.3 Å². The minimum Gasteiger partial charge on any atom is -0.354 e. The molecule has 1 aromatic heterocycles. The van der Waals surface area contributed by atoms with Crippen LogP contribution in [0.4, 0.5) is 0 Å². The summed E-state index contributed by atoms with van der Waals surface area (Å²) in [5, 5.41) is 13.7. The van der Waals surface area contributed by atoms with Crippen LogP contribution < -0.4 is 5.32 Å². The molecule has 0 radical (unpaired) electrons. The Labute approximate surface area is 320 Å². The van der Waals surface area contributed by atoms with Gasteiger partial charge >= 0.3 is 0 Å². The molecule has 260 valence electrons. The summed E-state index contributed by atoms with van der Waals surface area (Å²) >= 11 is 0. The highest BCUT2D eigenvalue weighted by atomic mass is 15.0. The van der Waals surface area contributed by atoms with Crippen molar-refractivity contribution in [3.8, 4) is 45.3 Å². The molecule has 7 aromatic carbocycles. The number of nitrogens with zero attached hydrogens (tertiary/aromatic N) is 3. The largest absolute Gasteiger partial charge is 0.354 e. The summed E-state index contributed by atoms with van der Waals surface area (Å²) in [5.41, 5.74) is 12.8. The summed E-state index contributed by atoms with van der Waals surface area (Å²) in [6.45, 7) is 0. The SMILES string of the molecule is N=C(/C(=C1\NC(c2ccccc2)=Cc2ccccc21)c1ccccc1)c1cccc(-c2nc(-c3ccccc3)nc(-c3ccc(-c4ccccc4)cc3)n2)c1. The van der Waals surface area contributed by atoms with E-state index in [0.717, 1.165) is 72.6 Å². The number of hydrogen-bond donors (Lipinski definition) is 2. The molecule has 55 heavy (non-hydrogen) atoms. The van der Waals surface area contributed by atoms with Crippen LogP contribution in [0.1, 0.15) is 27.8 Å². The standard InChI is InChI=1S/C50H35N5/c51-46(45(37-20-9-3-10-21-37)47-43-27-14-13-24-40(43)33-44(52-47)36-18-7-2-8-19-36)41-25-15-26-42(32-41)50-54-48(38-22-11-4-12-23-38)53-49(55-50)39-30-28-35(29-31-39)34-16-5-1-6-17-34/h1-33,51-52H/b47-45-,51-46?. The van der Waals surface area contributed by atoms with Crippen LogP contribution in [0.25, 0.3) is 68.3 Å². The molecule has 0 spiro atoms. The molecule has 5 heteroatoms. The highest BCUT2D eigenvalue weighted by Gasteiger charge is 2.24. The Balaban J connectivity index is 1.16. The van der Waals surface area contributed by atoms with Gasteiger partial charge in [-0.2, -0.15) is 0 Å². The maximum atomic E-state index is 9.91. The highest BCUT2D eigenvalue weighted by molar-refractivity contribution is 6.36. The second-order valence-electron chi connectivity index (χ2n) is 13.3. The quantitative estimate of drug-likeness (QED) is 0.154. The van der Waals surface area contributed by atoms with Crippen molar-refractivity contribution < 1.29 is 0 Å². The summed E-state index contributed by atoms with van der Waals surface area (Å²) in [4.78, 5) is 15.0. The smallest absolute Gasteiger partial charge is 0.164 e. The van der Waals surface area contributed by atoms with Gasteiger partial charge in [-0.05, 0) is 40.0 Å². The Bertz CT molecular complexity index is 2700. The van der Waals surface area contributed by atoms with Gasteiger partial charge in [0.05, 0.1) is 11.4 Å². The molecule has 0 bridgehead atoms. The van der Waals surface area contributed by atoms with Crippen molar-refractivity contribution in [2.75, 3.05) is 0 Å². The first-order chi connectivity index (χ1) is 27.2. The van der Waals surface area contributed by atoms with Gasteiger partial charge in [0.2, 0.25) is 0 Å². The van der Waals surface area contributed by atoms with Crippen molar-refractivity contribution in [3.63, 3.8) is 0 Å². The zero-order valence-corrected chi connectivity index (χ0v) is 29.9. The normalized spacial score (nSPS) is 12.9. The Morgan fingerprint density at radius 2 is 0.855 bits per heavy atom. The lowest BCUT2D eigenvalue weighted by molar-refractivity contribution is 1.07. The van der Waals surface area contributed by atoms with Gasteiger partial charge in [-0.25, -0.2) is 15.0 Å². The van der Waals surface area contributed by atoms with Crippen molar-refractivity contribution in [2.24, 2.45) is 0 Å². The Morgan fingerprint density at radius 1 is 0.400 bits per heavy atom. The molecule has 9 rings (SSSR count). The average molecular weight is 706 g/mol. The molecule has 2 heterocycles. The number of nitrogens with one attached hydrogen (secondary N) is 2. The molecule has 1 aliphatic rings. The van der Waals surface area contributed by atoms with Crippen LogP contribution in [-0.2, 0) is 0 Å². The molecule has 8 aromatic rings. The zero-order chi connectivity index (χ0) is 37.0. The van der Waals surface area contributed by atoms with Crippen LogP contribution in [0.3, 0.4) is 0 Å². The fourth-order valence-corrected chi connectivity index (χ4v) is 6.98. The Hall–Kier alpha value is -7.50. The van der Waals surface area contributed by atoms with Crippen LogP contribution in [0.2, 0.25) is 0 Å². The maximum absolute atomic E-state index is 9.91. The van der Waals surface area contributed by atoms with Crippen LogP contribution in [0, 0.1) is 5.41 Å². The van der Waals surface area contributed by atoms with Crippen LogP contribution in [0.5, 0.6) is 0 Å². The molecule has 0 fully saturated rings. The predicted octanol–water partition coefficient (Wildman–Crippen LogP) is 11.6. The van der Waals surface area contributed by atoms with E-state index in [1.807, 2.05) is 115 Å². The second-order valence-corrected chi connectivity index (χ2v) is 13.3. The van der Waals surface area contributed by atoms with Gasteiger partial charge in [-0.1, -0.05) is 188 Å². The fourth-order valence-electron chi connectivity index (χ4n) is 6.98. The third kappa shape index (κ3) is 6.90. The topological polar surface area (TPSA) is 74.6 Å². The van der Waals surface area contributed by atoms with Crippen LogP contribution in [0.15, 0.2) is 194 Å². The number of fused-ring (bicyclic) bond motifs is 1. The second kappa shape index (κ2) is 14.9. The average Bonchev–Trinajstić information content (AvgIpc) is 3.27. The molecule has 0 amide bonds. The number of rotatable bonds is 8. The van der Waals surface area contributed by atoms with E-state index in [1.165, 1.54) is 0 Å². The summed E-state index contributed by atoms with van der Waals surface area (Å²) < 4.78 is 0. The fraction of sp³-hybridized carbons (Fsp3) is 0. The predicted molar refractivity (Wildman–Crippen MR) is 226 cm³/mol. The van der Waals surface area contributed by atoms with Crippen molar-refractivity contribution >= 4 is 28.8 Å². The first-order valence-corrected chi connectivity index (χ1v) is 18.3. The lowest BCUT2D eigenvalue weighted by Gasteiger charge is -2.26. The van der Waals surface area contributed by atoms with E-state index >= 15 is 0 Å². The zero-order valence-electron chi connectivity index (χ0n) is 29.9. The van der Waals surface area contributed by atoms with Crippen LogP contribution >= 0.6 is 0 Å². The van der Waals surface area contributed by atoms with E-state index < -0.39 is 0 Å². The molecule has 1 aliphatic heterocycles. The van der Waals surface area contributed by atoms with Crippen molar-refractivity contribution in [1.82, 2.24) is 20.3 Å². The van der Waals surface area contributed by atoms with E-state index in [9.17, 15) is 5.41 Å². The number of hydrogen-bond acceptors (Lipinski definition) is 5. The molecule has 0 unspecified atom stereocenters. The minimum absolute atomic E-state index is 0.383. The van der Waals surface area contributed by atoms with Crippen molar-refractivity contribution in [2.45, 2.75) is 0 Å². The van der Waals surface area contributed by atoms with Crippen LogP contribution in [-0.4, -0.2) is 20.7 Å². The Morgan fingerprint density at radius 3 is 1.51 bits per heavy atom. The highest BCUT2D eigenvalue weighted by Crippen LogP contribution is 2.37. The van der Waals surface area contributed by atoms with Gasteiger partial charge in [-0.3, -0.25) is 5.41 Å². The van der Waals surface area contributed by atoms with E-state index in [-0.39, 0.29) is 0 Å². The molecular formula is C50H35N5. The lowest BCUT2D eigenvalue weighted by Crippen LogP contribution is -2.20. The van der Waals surface area contributed by atoms with E-state index in [0.29, 0.717) is 23.2 Å². The molecule has 0 atom stereocenters. The summed E-state index contributed by atoms with van der Waals surface area (Å²) in [7, 11) is 0. The van der Waals surface area contributed by atoms with Gasteiger partial charge in [0.15, 0.2) is 17.5 Å². The molecule has 0 saturated heterocycles. The van der Waals surface area contributed by atoms with E-state index in [1.54, 1.807) is 0 Å². The van der Waals surface area contributed by atoms with Gasteiger partial charge in [0.25, 0.3) is 0 Å². The van der Waals surface area contributed by atoms with E-state index in [4.69, 9.17) is 15.0 Å². The van der Waals surface area contributed by atoms with Gasteiger partial charge in [0, 0.05) is 39.1 Å². The van der Waals surface area contributed by atoms with Gasteiger partial charge in [-0.15, -0.1) is 0 Å². The summed E-state index contributed by atoms with van der Waals surface area (Å²) in [5.74, 6) is 1.71. The van der Waals surface area contributed by atoms with Crippen molar-refractivity contribution in [3.05, 3.63) is 222 Å². The minimum atomic E-state index is 0.383. The van der Waals surface area contributed by atoms with Crippen molar-refractivity contribution in [1.29, 1.82) is 5.41 Å². The third-order valence-electron chi connectivity index (χ3n) is 9.76. The molecule has 0 aliphatic carbocycles. The lowest BCUT2D eigenvalue weighted by atomic mass is 9.87. The maximum Gasteiger partial charge on any atom is 0.164 e. The molecular weight excluding hydrogens is 671 g/mol. The molecule has 5 nitrogen and oxygen atoms in total. The summed E-state index contributed by atoms with van der Waals surface area (Å²) in [6, 6.07) is 65.5. The number of aromatic nitrogens is 3. The third-order valence-corrected chi connectivity index (χ3v) is 9.76. The van der Waals surface area contributed by atoms with Gasteiger partial charge < -0.3 is 5.32 Å². The van der Waals surface area contributed by atoms with Gasteiger partial charge in [0.1, 0.15) is 0 Å². The number of allylic oxidation sites excluding steroid dienone is 1.